The van der Waals surface area contributed by atoms with Gasteiger partial charge < -0.3 is 39.4 Å². The minimum Gasteiger partial charge on any atom is -0.497 e. The standard InChI is InChI=1S/C33H47N3O9S/c1-22(2)18-36(46(39,40)26-12-10-24(41-3)11-13-26)19-29(37)27-17-23-8-7-9-25(16-23)42-15-6-4-5-14-34-28-20-43-32-31(28)30(21-44-32)45-33(38)35-27/h7-13,16,22,27-32,34,37H,4-6,14-15,17-21H2,1-3H3,(H,35,38)/t27-,28-,29+,30-,31-,32+/m0/s1. The van der Waals surface area contributed by atoms with Gasteiger partial charge in [-0.25, -0.2) is 13.2 Å². The Morgan fingerprint density at radius 2 is 1.83 bits per heavy atom. The van der Waals surface area contributed by atoms with Crippen LogP contribution in [0.3, 0.4) is 0 Å². The molecule has 5 rings (SSSR count). The zero-order valence-corrected chi connectivity index (χ0v) is 27.6. The predicted octanol–water partition coefficient (Wildman–Crippen LogP) is 2.93. The number of sulfonamides is 1. The molecular formula is C33H47N3O9S. The van der Waals surface area contributed by atoms with Crippen molar-refractivity contribution in [2.24, 2.45) is 11.8 Å². The molecule has 2 bridgehead atoms. The van der Waals surface area contributed by atoms with E-state index in [0.29, 0.717) is 24.7 Å². The van der Waals surface area contributed by atoms with Crippen molar-refractivity contribution in [3.05, 3.63) is 54.1 Å². The summed E-state index contributed by atoms with van der Waals surface area (Å²) in [6, 6.07) is 12.7. The molecule has 12 nitrogen and oxygen atoms in total. The second kappa shape index (κ2) is 15.8. The Morgan fingerprint density at radius 1 is 1.04 bits per heavy atom. The summed E-state index contributed by atoms with van der Waals surface area (Å²) < 4.78 is 57.5. The molecule has 13 heteroatoms. The number of ether oxygens (including phenoxy) is 5. The second-order valence-corrected chi connectivity index (χ2v) is 14.5. The average molecular weight is 662 g/mol. The fourth-order valence-electron chi connectivity index (χ4n) is 6.23. The van der Waals surface area contributed by atoms with Gasteiger partial charge in [0.15, 0.2) is 6.29 Å². The number of hydrogen-bond acceptors (Lipinski definition) is 10. The van der Waals surface area contributed by atoms with Gasteiger partial charge in [0.25, 0.3) is 0 Å². The van der Waals surface area contributed by atoms with E-state index in [-0.39, 0.29) is 48.9 Å². The SMILES string of the molecule is COc1ccc(S(=O)(=O)N(CC(C)C)C[C@@H](O)[C@@H]2Cc3cccc(c3)OCCCCCN[C@H]3CO[C@@H]4OC[C@H](OC(=O)N2)[C@@H]43)cc1. The number of fused-ring (bicyclic) bond motifs is 2. The molecule has 3 N–H and O–H groups in total. The number of carbonyl (C=O) groups excluding carboxylic acids is 1. The van der Waals surface area contributed by atoms with E-state index >= 15 is 0 Å². The van der Waals surface area contributed by atoms with Crippen LogP contribution in [-0.4, -0.2) is 101 Å². The Balaban J connectivity index is 1.39. The lowest BCUT2D eigenvalue weighted by atomic mass is 9.97. The highest BCUT2D eigenvalue weighted by atomic mass is 32.2. The third-order valence-electron chi connectivity index (χ3n) is 8.61. The summed E-state index contributed by atoms with van der Waals surface area (Å²) in [4.78, 5) is 13.5. The van der Waals surface area contributed by atoms with Gasteiger partial charge in [0, 0.05) is 19.1 Å². The number of rotatable bonds is 8. The van der Waals surface area contributed by atoms with Crippen LogP contribution in [-0.2, 0) is 30.7 Å². The minimum atomic E-state index is -3.99. The highest BCUT2D eigenvalue weighted by Gasteiger charge is 2.50. The van der Waals surface area contributed by atoms with E-state index in [1.54, 1.807) is 12.1 Å². The van der Waals surface area contributed by atoms with Crippen LogP contribution < -0.4 is 20.1 Å². The van der Waals surface area contributed by atoms with Gasteiger partial charge in [-0.15, -0.1) is 0 Å². The topological polar surface area (TPSA) is 145 Å². The molecule has 46 heavy (non-hydrogen) atoms. The summed E-state index contributed by atoms with van der Waals surface area (Å²) >= 11 is 0. The van der Waals surface area contributed by atoms with E-state index < -0.39 is 40.7 Å². The third-order valence-corrected chi connectivity index (χ3v) is 10.5. The molecule has 6 atom stereocenters. The Bertz CT molecular complexity index is 1390. The zero-order valence-electron chi connectivity index (χ0n) is 26.8. The second-order valence-electron chi connectivity index (χ2n) is 12.6. The molecule has 3 aliphatic heterocycles. The number of nitrogens with zero attached hydrogens (tertiary/aromatic N) is 1. The fourth-order valence-corrected chi connectivity index (χ4v) is 7.85. The van der Waals surface area contributed by atoms with Crippen molar-refractivity contribution in [1.29, 1.82) is 0 Å². The number of hydrogen-bond donors (Lipinski definition) is 3. The van der Waals surface area contributed by atoms with Crippen molar-refractivity contribution in [3.8, 4) is 11.5 Å². The van der Waals surface area contributed by atoms with Gasteiger partial charge in [-0.3, -0.25) is 0 Å². The molecule has 2 aromatic carbocycles. The van der Waals surface area contributed by atoms with Crippen LogP contribution in [0.4, 0.5) is 4.79 Å². The summed E-state index contributed by atoms with van der Waals surface area (Å²) in [6.07, 6.45) is 0.111. The summed E-state index contributed by atoms with van der Waals surface area (Å²) in [5.74, 6) is 1.04. The van der Waals surface area contributed by atoms with E-state index in [4.69, 9.17) is 23.7 Å². The highest BCUT2D eigenvalue weighted by Crippen LogP contribution is 2.34. The molecule has 2 saturated heterocycles. The summed E-state index contributed by atoms with van der Waals surface area (Å²) in [5, 5.41) is 18.0. The van der Waals surface area contributed by atoms with E-state index in [0.717, 1.165) is 31.4 Å². The highest BCUT2D eigenvalue weighted by molar-refractivity contribution is 7.89. The first-order chi connectivity index (χ1) is 22.1. The lowest BCUT2D eigenvalue weighted by molar-refractivity contribution is -0.0908. The predicted molar refractivity (Wildman–Crippen MR) is 170 cm³/mol. The molecular weight excluding hydrogens is 614 g/mol. The van der Waals surface area contributed by atoms with Gasteiger partial charge in [0.1, 0.15) is 17.6 Å². The maximum atomic E-state index is 13.8. The van der Waals surface area contributed by atoms with Crippen molar-refractivity contribution in [2.45, 2.75) is 75.0 Å². The van der Waals surface area contributed by atoms with Crippen LogP contribution in [0, 0.1) is 11.8 Å². The number of aliphatic hydroxyl groups excluding tert-OH is 1. The number of benzene rings is 2. The number of carbonyl (C=O) groups is 1. The number of aliphatic hydroxyl groups is 1. The van der Waals surface area contributed by atoms with Crippen molar-refractivity contribution < 1.29 is 42.0 Å². The number of nitrogens with one attached hydrogen (secondary N) is 2. The molecule has 0 radical (unpaired) electrons. The molecule has 3 heterocycles. The molecule has 0 spiro atoms. The largest absolute Gasteiger partial charge is 0.497 e. The van der Waals surface area contributed by atoms with E-state index in [1.165, 1.54) is 23.5 Å². The number of methoxy groups -OCH3 is 1. The van der Waals surface area contributed by atoms with Gasteiger partial charge in [-0.2, -0.15) is 4.31 Å². The first-order valence-corrected chi connectivity index (χ1v) is 17.6. The first kappa shape index (κ1) is 34.4. The van der Waals surface area contributed by atoms with Crippen LogP contribution >= 0.6 is 0 Å². The molecule has 2 fully saturated rings. The van der Waals surface area contributed by atoms with E-state index in [9.17, 15) is 18.3 Å². The molecule has 0 aromatic heterocycles. The summed E-state index contributed by atoms with van der Waals surface area (Å²) in [6.45, 7) is 5.78. The minimum absolute atomic E-state index is 0.0191. The molecule has 0 unspecified atom stereocenters. The van der Waals surface area contributed by atoms with Crippen LogP contribution in [0.1, 0.15) is 38.7 Å². The Kier molecular flexibility index (Phi) is 11.8. The Hall–Kier alpha value is -2.94. The quantitative estimate of drug-likeness (QED) is 0.386. The maximum Gasteiger partial charge on any atom is 0.407 e. The van der Waals surface area contributed by atoms with Crippen molar-refractivity contribution >= 4 is 16.1 Å². The molecule has 1 amide bonds. The fraction of sp³-hybridized carbons (Fsp3) is 0.606. The van der Waals surface area contributed by atoms with Gasteiger partial charge in [0.05, 0.1) is 49.9 Å². The monoisotopic (exact) mass is 661 g/mol. The van der Waals surface area contributed by atoms with Crippen LogP contribution in [0.15, 0.2) is 53.4 Å². The first-order valence-electron chi connectivity index (χ1n) is 16.1. The number of amides is 1. The molecule has 3 aliphatic rings. The summed E-state index contributed by atoms with van der Waals surface area (Å²) in [5.41, 5.74) is 0.814. The van der Waals surface area contributed by atoms with Gasteiger partial charge in [0.2, 0.25) is 10.0 Å². The Morgan fingerprint density at radius 3 is 2.59 bits per heavy atom. The average Bonchev–Trinajstić information content (AvgIpc) is 3.62. The van der Waals surface area contributed by atoms with E-state index in [2.05, 4.69) is 10.6 Å². The van der Waals surface area contributed by atoms with Crippen molar-refractivity contribution in [1.82, 2.24) is 14.9 Å². The van der Waals surface area contributed by atoms with Gasteiger partial charge in [-0.05, 0) is 80.1 Å². The smallest absolute Gasteiger partial charge is 0.407 e. The van der Waals surface area contributed by atoms with Crippen molar-refractivity contribution in [3.63, 3.8) is 0 Å². The zero-order chi connectivity index (χ0) is 32.7. The summed E-state index contributed by atoms with van der Waals surface area (Å²) in [7, 11) is -2.47. The van der Waals surface area contributed by atoms with E-state index in [1.807, 2.05) is 38.1 Å². The molecule has 254 valence electrons. The van der Waals surface area contributed by atoms with Crippen molar-refractivity contribution in [2.75, 3.05) is 46.6 Å². The van der Waals surface area contributed by atoms with Crippen LogP contribution in [0.2, 0.25) is 0 Å². The third kappa shape index (κ3) is 8.69. The van der Waals surface area contributed by atoms with Crippen LogP contribution in [0.25, 0.3) is 0 Å². The normalized spacial score (nSPS) is 26.7. The van der Waals surface area contributed by atoms with Gasteiger partial charge in [-0.1, -0.05) is 26.0 Å². The maximum absolute atomic E-state index is 13.8. The van der Waals surface area contributed by atoms with Crippen LogP contribution in [0.5, 0.6) is 11.5 Å². The molecule has 0 aliphatic carbocycles. The lowest BCUT2D eigenvalue weighted by Crippen LogP contribution is -2.52. The lowest BCUT2D eigenvalue weighted by Gasteiger charge is -2.31. The Labute approximate surface area is 271 Å². The van der Waals surface area contributed by atoms with Gasteiger partial charge >= 0.3 is 6.09 Å². The number of alkyl carbamates (subject to hydrolysis) is 1. The molecule has 0 saturated carbocycles. The molecule has 2 aromatic rings.